The first-order valence-corrected chi connectivity index (χ1v) is 5.08. The minimum absolute atomic E-state index is 0.701. The number of rotatable bonds is 2. The van der Waals surface area contributed by atoms with Gasteiger partial charge < -0.3 is 10.5 Å². The lowest BCUT2D eigenvalue weighted by Gasteiger charge is -2.10. The molecule has 1 aromatic heterocycles. The molecule has 0 aliphatic rings. The van der Waals surface area contributed by atoms with Gasteiger partial charge in [0, 0.05) is 11.8 Å². The average molecular weight is 214 g/mol. The maximum Gasteiger partial charge on any atom is 0.128 e. The molecule has 2 N–H and O–H groups in total. The van der Waals surface area contributed by atoms with Gasteiger partial charge in [-0.25, -0.2) is 0 Å². The summed E-state index contributed by atoms with van der Waals surface area (Å²) in [5.74, 6) is 0.785. The van der Waals surface area contributed by atoms with E-state index < -0.39 is 0 Å². The van der Waals surface area contributed by atoms with Crippen LogP contribution in [0.1, 0.15) is 5.56 Å². The van der Waals surface area contributed by atoms with E-state index in [0.29, 0.717) is 5.69 Å². The van der Waals surface area contributed by atoms with Gasteiger partial charge in [0.1, 0.15) is 5.75 Å². The number of hydrogen-bond acceptors (Lipinski definition) is 3. The predicted molar refractivity (Wildman–Crippen MR) is 65.4 cm³/mol. The van der Waals surface area contributed by atoms with E-state index in [0.717, 1.165) is 22.6 Å². The summed E-state index contributed by atoms with van der Waals surface area (Å²) >= 11 is 0. The molecule has 0 amide bonds. The number of methoxy groups -OCH3 is 1. The van der Waals surface area contributed by atoms with Crippen LogP contribution in [0.4, 0.5) is 5.69 Å². The lowest BCUT2D eigenvalue weighted by molar-refractivity contribution is 0.416. The molecule has 2 aromatic rings. The molecular formula is C13H14N2O. The molecule has 0 saturated carbocycles. The summed E-state index contributed by atoms with van der Waals surface area (Å²) in [4.78, 5) is 4.31. The summed E-state index contributed by atoms with van der Waals surface area (Å²) in [7, 11) is 1.64. The van der Waals surface area contributed by atoms with Crippen LogP contribution in [0.25, 0.3) is 11.3 Å². The highest BCUT2D eigenvalue weighted by Gasteiger charge is 2.10. The van der Waals surface area contributed by atoms with E-state index in [-0.39, 0.29) is 0 Å². The molecule has 0 atom stereocenters. The second-order valence-electron chi connectivity index (χ2n) is 3.59. The third-order valence-electron chi connectivity index (χ3n) is 2.57. The Bertz CT molecular complexity index is 509. The van der Waals surface area contributed by atoms with E-state index in [1.807, 2.05) is 37.3 Å². The highest BCUT2D eigenvalue weighted by atomic mass is 16.5. The van der Waals surface area contributed by atoms with Crippen LogP contribution in [0.3, 0.4) is 0 Å². The van der Waals surface area contributed by atoms with Crippen molar-refractivity contribution < 1.29 is 4.74 Å². The average Bonchev–Trinajstić information content (AvgIpc) is 2.33. The Morgan fingerprint density at radius 3 is 2.69 bits per heavy atom. The number of nitrogen functional groups attached to an aromatic ring is 1. The van der Waals surface area contributed by atoms with Crippen LogP contribution in [-0.2, 0) is 0 Å². The van der Waals surface area contributed by atoms with Crippen molar-refractivity contribution in [3.63, 3.8) is 0 Å². The largest absolute Gasteiger partial charge is 0.496 e. The monoisotopic (exact) mass is 214 g/mol. The minimum atomic E-state index is 0.701. The predicted octanol–water partition coefficient (Wildman–Crippen LogP) is 2.65. The SMILES string of the molecule is COc1ccccc1-c1nccc(C)c1N. The maximum absolute atomic E-state index is 6.02. The van der Waals surface area contributed by atoms with Gasteiger partial charge in [0.15, 0.2) is 0 Å². The van der Waals surface area contributed by atoms with Crippen molar-refractivity contribution in [2.75, 3.05) is 12.8 Å². The Hall–Kier alpha value is -2.03. The van der Waals surface area contributed by atoms with Gasteiger partial charge in [-0.3, -0.25) is 4.98 Å². The van der Waals surface area contributed by atoms with Gasteiger partial charge in [0.2, 0.25) is 0 Å². The number of pyridine rings is 1. The molecule has 0 spiro atoms. The van der Waals surface area contributed by atoms with Crippen molar-refractivity contribution in [1.29, 1.82) is 0 Å². The van der Waals surface area contributed by atoms with Gasteiger partial charge in [-0.2, -0.15) is 0 Å². The fourth-order valence-corrected chi connectivity index (χ4v) is 1.62. The van der Waals surface area contributed by atoms with Crippen molar-refractivity contribution in [2.45, 2.75) is 6.92 Å². The van der Waals surface area contributed by atoms with E-state index in [2.05, 4.69) is 4.98 Å². The number of hydrogen-bond donors (Lipinski definition) is 1. The lowest BCUT2D eigenvalue weighted by atomic mass is 10.1. The smallest absolute Gasteiger partial charge is 0.128 e. The quantitative estimate of drug-likeness (QED) is 0.836. The summed E-state index contributed by atoms with van der Waals surface area (Å²) in [5, 5.41) is 0. The molecular weight excluding hydrogens is 200 g/mol. The Balaban J connectivity index is 2.63. The molecule has 0 aliphatic carbocycles. The number of ether oxygens (including phenoxy) is 1. The van der Waals surface area contributed by atoms with Gasteiger partial charge in [0.05, 0.1) is 18.5 Å². The van der Waals surface area contributed by atoms with Gasteiger partial charge in [-0.05, 0) is 30.7 Å². The number of nitrogens with two attached hydrogens (primary N) is 1. The van der Waals surface area contributed by atoms with Crippen molar-refractivity contribution in [3.05, 3.63) is 42.1 Å². The van der Waals surface area contributed by atoms with E-state index in [1.165, 1.54) is 0 Å². The van der Waals surface area contributed by atoms with Crippen LogP contribution in [0.15, 0.2) is 36.5 Å². The Morgan fingerprint density at radius 2 is 1.94 bits per heavy atom. The number of anilines is 1. The summed E-state index contributed by atoms with van der Waals surface area (Å²) < 4.78 is 5.30. The summed E-state index contributed by atoms with van der Waals surface area (Å²) in [6, 6.07) is 9.62. The van der Waals surface area contributed by atoms with Crippen molar-refractivity contribution in [2.24, 2.45) is 0 Å². The zero-order valence-electron chi connectivity index (χ0n) is 9.40. The molecule has 16 heavy (non-hydrogen) atoms. The normalized spacial score (nSPS) is 10.1. The highest BCUT2D eigenvalue weighted by molar-refractivity contribution is 5.78. The Morgan fingerprint density at radius 1 is 1.19 bits per heavy atom. The summed E-state index contributed by atoms with van der Waals surface area (Å²) in [6.07, 6.45) is 1.76. The van der Waals surface area contributed by atoms with E-state index in [1.54, 1.807) is 13.3 Å². The molecule has 82 valence electrons. The molecule has 3 nitrogen and oxygen atoms in total. The third kappa shape index (κ3) is 1.72. The molecule has 0 unspecified atom stereocenters. The van der Waals surface area contributed by atoms with Gasteiger partial charge in [-0.15, -0.1) is 0 Å². The van der Waals surface area contributed by atoms with E-state index in [4.69, 9.17) is 10.5 Å². The number of aromatic nitrogens is 1. The lowest BCUT2D eigenvalue weighted by Crippen LogP contribution is -1.97. The van der Waals surface area contributed by atoms with Crippen LogP contribution in [0.2, 0.25) is 0 Å². The second kappa shape index (κ2) is 4.23. The van der Waals surface area contributed by atoms with Gasteiger partial charge in [-0.1, -0.05) is 12.1 Å². The van der Waals surface area contributed by atoms with Crippen LogP contribution in [0, 0.1) is 6.92 Å². The number of nitrogens with zero attached hydrogens (tertiary/aromatic N) is 1. The molecule has 0 saturated heterocycles. The number of para-hydroxylation sites is 1. The molecule has 0 radical (unpaired) electrons. The van der Waals surface area contributed by atoms with Gasteiger partial charge >= 0.3 is 0 Å². The van der Waals surface area contributed by atoms with Crippen molar-refractivity contribution >= 4 is 5.69 Å². The molecule has 1 heterocycles. The van der Waals surface area contributed by atoms with Crippen molar-refractivity contribution in [1.82, 2.24) is 4.98 Å². The summed E-state index contributed by atoms with van der Waals surface area (Å²) in [6.45, 7) is 1.97. The fourth-order valence-electron chi connectivity index (χ4n) is 1.62. The molecule has 2 rings (SSSR count). The fraction of sp³-hybridized carbons (Fsp3) is 0.154. The van der Waals surface area contributed by atoms with E-state index in [9.17, 15) is 0 Å². The first-order chi connectivity index (χ1) is 7.74. The van der Waals surface area contributed by atoms with Crippen LogP contribution in [0.5, 0.6) is 5.75 Å². The minimum Gasteiger partial charge on any atom is -0.496 e. The Kier molecular flexibility index (Phi) is 2.77. The first kappa shape index (κ1) is 10.5. The van der Waals surface area contributed by atoms with Gasteiger partial charge in [0.25, 0.3) is 0 Å². The molecule has 0 fully saturated rings. The molecule has 0 bridgehead atoms. The van der Waals surface area contributed by atoms with E-state index >= 15 is 0 Å². The maximum atomic E-state index is 6.02. The first-order valence-electron chi connectivity index (χ1n) is 5.08. The topological polar surface area (TPSA) is 48.1 Å². The zero-order valence-corrected chi connectivity index (χ0v) is 9.40. The van der Waals surface area contributed by atoms with Crippen LogP contribution in [-0.4, -0.2) is 12.1 Å². The molecule has 3 heteroatoms. The highest BCUT2D eigenvalue weighted by Crippen LogP contribution is 2.32. The zero-order chi connectivity index (χ0) is 11.5. The Labute approximate surface area is 94.9 Å². The number of aryl methyl sites for hydroxylation is 1. The number of benzene rings is 1. The third-order valence-corrected chi connectivity index (χ3v) is 2.57. The molecule has 0 aliphatic heterocycles. The van der Waals surface area contributed by atoms with Crippen molar-refractivity contribution in [3.8, 4) is 17.0 Å². The second-order valence-corrected chi connectivity index (χ2v) is 3.59. The van der Waals surface area contributed by atoms with Crippen LogP contribution < -0.4 is 10.5 Å². The van der Waals surface area contributed by atoms with Crippen LogP contribution >= 0.6 is 0 Å². The standard InChI is InChI=1S/C13H14N2O/c1-9-7-8-15-13(12(9)14)10-5-3-4-6-11(10)16-2/h3-8H,14H2,1-2H3. The molecule has 1 aromatic carbocycles. The summed E-state index contributed by atoms with van der Waals surface area (Å²) in [5.41, 5.74) is 9.44.